The fourth-order valence-electron chi connectivity index (χ4n) is 4.80. The number of benzene rings is 3. The van der Waals surface area contributed by atoms with Gasteiger partial charge < -0.3 is 25.4 Å². The minimum Gasteiger partial charge on any atom is -0.508 e. The summed E-state index contributed by atoms with van der Waals surface area (Å²) in [6.45, 7) is 14.8. The van der Waals surface area contributed by atoms with E-state index in [2.05, 4.69) is 17.6 Å². The molecule has 3 rings (SSSR count). The van der Waals surface area contributed by atoms with Crippen LogP contribution in [0.15, 0.2) is 72.8 Å². The number of hydrogen-bond donors (Lipinski definition) is 3. The number of carbonyl (C=O) groups is 3. The Morgan fingerprint density at radius 3 is 1.98 bits per heavy atom. The minimum atomic E-state index is -1.07. The third-order valence-corrected chi connectivity index (χ3v) is 6.94. The number of phenols is 1. The van der Waals surface area contributed by atoms with Crippen molar-refractivity contribution >= 4 is 23.6 Å². The number of ether oxygens (including phenoxy) is 1. The maximum Gasteiger partial charge on any atom is 0.408 e. The maximum absolute atomic E-state index is 14.7. The molecule has 43 heavy (non-hydrogen) atoms. The van der Waals surface area contributed by atoms with Gasteiger partial charge in [0.25, 0.3) is 5.91 Å². The van der Waals surface area contributed by atoms with Gasteiger partial charge in [-0.3, -0.25) is 9.59 Å². The monoisotopic (exact) mass is 587 g/mol. The summed E-state index contributed by atoms with van der Waals surface area (Å²) in [6, 6.07) is 19.5. The summed E-state index contributed by atoms with van der Waals surface area (Å²) in [5.74, 6) is -0.732. The van der Waals surface area contributed by atoms with Crippen molar-refractivity contribution in [3.8, 4) is 5.75 Å². The number of alkyl carbamates (subject to hydrolysis) is 1. The Kier molecular flexibility index (Phi) is 10.6. The largest absolute Gasteiger partial charge is 0.508 e. The van der Waals surface area contributed by atoms with E-state index in [0.29, 0.717) is 16.8 Å². The van der Waals surface area contributed by atoms with Crippen LogP contribution < -0.4 is 10.6 Å². The lowest BCUT2D eigenvalue weighted by Gasteiger charge is -2.43. The van der Waals surface area contributed by atoms with E-state index in [4.69, 9.17) is 4.74 Å². The summed E-state index contributed by atoms with van der Waals surface area (Å²) in [6.07, 6.45) is 0.203. The number of anilines is 1. The number of aryl methyl sites for hydroxylation is 2. The number of aromatic hydroxyl groups is 1. The lowest BCUT2D eigenvalue weighted by molar-refractivity contribution is -0.146. The lowest BCUT2D eigenvalue weighted by atomic mass is 9.93. The molecule has 2 unspecified atom stereocenters. The lowest BCUT2D eigenvalue weighted by Crippen LogP contribution is -2.58. The summed E-state index contributed by atoms with van der Waals surface area (Å²) in [5.41, 5.74) is 2.39. The van der Waals surface area contributed by atoms with Gasteiger partial charge in [0.05, 0.1) is 0 Å². The average Bonchev–Trinajstić information content (AvgIpc) is 2.91. The van der Waals surface area contributed by atoms with Crippen molar-refractivity contribution in [2.45, 2.75) is 91.5 Å². The van der Waals surface area contributed by atoms with Crippen molar-refractivity contribution in [3.63, 3.8) is 0 Å². The Labute approximate surface area is 255 Å². The second-order valence-corrected chi connectivity index (χ2v) is 12.8. The van der Waals surface area contributed by atoms with Crippen molar-refractivity contribution in [3.05, 3.63) is 95.1 Å². The van der Waals surface area contributed by atoms with Crippen molar-refractivity contribution < 1.29 is 24.2 Å². The molecule has 0 aromatic heterocycles. The molecular formula is C35H45N3O5. The molecule has 3 amide bonds. The van der Waals surface area contributed by atoms with E-state index in [1.165, 1.54) is 12.1 Å². The summed E-state index contributed by atoms with van der Waals surface area (Å²) in [7, 11) is 0. The molecule has 0 aliphatic carbocycles. The van der Waals surface area contributed by atoms with Gasteiger partial charge in [0.15, 0.2) is 0 Å². The molecule has 0 aliphatic rings. The van der Waals surface area contributed by atoms with Gasteiger partial charge in [-0.2, -0.15) is 0 Å². The quantitative estimate of drug-likeness (QED) is 0.258. The van der Waals surface area contributed by atoms with E-state index in [0.717, 1.165) is 17.5 Å². The Bertz CT molecular complexity index is 1400. The summed E-state index contributed by atoms with van der Waals surface area (Å²) >= 11 is 0. The highest BCUT2D eigenvalue weighted by atomic mass is 16.6. The molecule has 8 nitrogen and oxygen atoms in total. The Balaban J connectivity index is 2.12. The van der Waals surface area contributed by atoms with E-state index in [-0.39, 0.29) is 18.1 Å². The fourth-order valence-corrected chi connectivity index (χ4v) is 4.80. The fraction of sp³-hybridized carbons (Fsp3) is 0.400. The van der Waals surface area contributed by atoms with E-state index in [9.17, 15) is 19.5 Å². The number of para-hydroxylation sites is 1. The summed E-state index contributed by atoms with van der Waals surface area (Å²) < 4.78 is 5.51. The molecule has 0 spiro atoms. The molecule has 0 radical (unpaired) electrons. The standard InChI is InChI=1S/C35H45N3O5/c1-9-24-14-18-26(19-15-24)30(31(40)36-28-13-11-10-12-23(28)2)38(34(3,4)5)32(41)29(37-33(42)43-35(6,7)8)22-25-16-20-27(39)21-17-25/h10-21,29-30,39H,9,22H2,1-8H3,(H,36,40)(H,37,42). The Morgan fingerprint density at radius 2 is 1.44 bits per heavy atom. The predicted octanol–water partition coefficient (Wildman–Crippen LogP) is 6.71. The molecule has 0 heterocycles. The zero-order chi connectivity index (χ0) is 31.9. The van der Waals surface area contributed by atoms with Crippen LogP contribution in [-0.2, 0) is 27.2 Å². The highest BCUT2D eigenvalue weighted by Crippen LogP contribution is 2.32. The van der Waals surface area contributed by atoms with Gasteiger partial charge in [0.1, 0.15) is 23.4 Å². The Hall–Kier alpha value is -4.33. The van der Waals surface area contributed by atoms with E-state index in [1.54, 1.807) is 37.8 Å². The molecular weight excluding hydrogens is 542 g/mol. The molecule has 8 heteroatoms. The van der Waals surface area contributed by atoms with Crippen molar-refractivity contribution in [1.82, 2.24) is 10.2 Å². The number of amides is 3. The predicted molar refractivity (Wildman–Crippen MR) is 170 cm³/mol. The molecule has 3 aromatic rings. The molecule has 0 saturated carbocycles. The van der Waals surface area contributed by atoms with Crippen molar-refractivity contribution in [1.29, 1.82) is 0 Å². The van der Waals surface area contributed by atoms with Crippen LogP contribution in [0.3, 0.4) is 0 Å². The van der Waals surface area contributed by atoms with Gasteiger partial charge in [0, 0.05) is 17.6 Å². The molecule has 0 fully saturated rings. The molecule has 230 valence electrons. The SMILES string of the molecule is CCc1ccc(C(C(=O)Nc2ccccc2C)N(C(=O)C(Cc2ccc(O)cc2)NC(=O)OC(C)(C)C)C(C)(C)C)cc1. The Morgan fingerprint density at radius 1 is 0.860 bits per heavy atom. The third kappa shape index (κ3) is 9.33. The van der Waals surface area contributed by atoms with E-state index in [1.807, 2.05) is 76.2 Å². The first kappa shape index (κ1) is 33.2. The molecule has 2 atom stereocenters. The van der Waals surface area contributed by atoms with Gasteiger partial charge in [-0.15, -0.1) is 0 Å². The highest BCUT2D eigenvalue weighted by molar-refractivity contribution is 5.99. The van der Waals surface area contributed by atoms with Crippen LogP contribution >= 0.6 is 0 Å². The second kappa shape index (κ2) is 13.8. The number of nitrogens with one attached hydrogen (secondary N) is 2. The third-order valence-electron chi connectivity index (χ3n) is 6.94. The number of carbonyl (C=O) groups excluding carboxylic acids is 3. The van der Waals surface area contributed by atoms with Gasteiger partial charge in [0.2, 0.25) is 5.91 Å². The van der Waals surface area contributed by atoms with E-state index >= 15 is 0 Å². The first-order valence-electron chi connectivity index (χ1n) is 14.6. The van der Waals surface area contributed by atoms with E-state index < -0.39 is 35.2 Å². The molecule has 0 saturated heterocycles. The number of hydrogen-bond acceptors (Lipinski definition) is 5. The van der Waals surface area contributed by atoms with Crippen LogP contribution in [0.25, 0.3) is 0 Å². The maximum atomic E-state index is 14.7. The first-order chi connectivity index (χ1) is 20.1. The minimum absolute atomic E-state index is 0.0894. The van der Waals surface area contributed by atoms with Gasteiger partial charge in [-0.05, 0) is 95.3 Å². The zero-order valence-corrected chi connectivity index (χ0v) is 26.5. The number of rotatable bonds is 9. The summed E-state index contributed by atoms with van der Waals surface area (Å²) in [5, 5.41) is 15.6. The molecule has 0 bridgehead atoms. The smallest absolute Gasteiger partial charge is 0.408 e. The highest BCUT2D eigenvalue weighted by Gasteiger charge is 2.42. The molecule has 3 N–H and O–H groups in total. The average molecular weight is 588 g/mol. The van der Waals surface area contributed by atoms with Crippen molar-refractivity contribution in [2.24, 2.45) is 0 Å². The van der Waals surface area contributed by atoms with Crippen LogP contribution in [0.2, 0.25) is 0 Å². The summed E-state index contributed by atoms with van der Waals surface area (Å²) in [4.78, 5) is 43.4. The van der Waals surface area contributed by atoms with Crippen LogP contribution in [0.4, 0.5) is 10.5 Å². The topological polar surface area (TPSA) is 108 Å². The zero-order valence-electron chi connectivity index (χ0n) is 26.5. The van der Waals surface area contributed by atoms with Crippen molar-refractivity contribution in [2.75, 3.05) is 5.32 Å². The first-order valence-corrected chi connectivity index (χ1v) is 14.6. The normalized spacial score (nSPS) is 13.0. The van der Waals surface area contributed by atoms with Gasteiger partial charge >= 0.3 is 6.09 Å². The molecule has 0 aliphatic heterocycles. The number of nitrogens with zero attached hydrogens (tertiary/aromatic N) is 1. The van der Waals surface area contributed by atoms with Crippen LogP contribution in [0.1, 0.15) is 76.8 Å². The number of phenolic OH excluding ortho intramolecular Hbond substituents is 1. The van der Waals surface area contributed by atoms with Gasteiger partial charge in [-0.1, -0.05) is 61.5 Å². The molecule has 3 aromatic carbocycles. The van der Waals surface area contributed by atoms with Crippen LogP contribution in [-0.4, -0.2) is 45.1 Å². The second-order valence-electron chi connectivity index (χ2n) is 12.8. The van der Waals surface area contributed by atoms with Crippen LogP contribution in [0.5, 0.6) is 5.75 Å². The van der Waals surface area contributed by atoms with Gasteiger partial charge in [-0.25, -0.2) is 4.79 Å². The van der Waals surface area contributed by atoms with Crippen LogP contribution in [0, 0.1) is 6.92 Å².